The second kappa shape index (κ2) is 4.20. The average molecular weight is 212 g/mol. The van der Waals surface area contributed by atoms with Gasteiger partial charge in [0.1, 0.15) is 0 Å². The van der Waals surface area contributed by atoms with Crippen LogP contribution in [0.3, 0.4) is 0 Å². The van der Waals surface area contributed by atoms with Gasteiger partial charge < -0.3 is 9.64 Å². The van der Waals surface area contributed by atoms with Crippen molar-refractivity contribution in [3.8, 4) is 0 Å². The summed E-state index contributed by atoms with van der Waals surface area (Å²) >= 11 is 6.08. The number of halogens is 1. The highest BCUT2D eigenvalue weighted by Gasteiger charge is 2.13. The zero-order valence-corrected chi connectivity index (χ0v) is 9.05. The second-order valence-electron chi connectivity index (χ2n) is 3.48. The van der Waals surface area contributed by atoms with E-state index in [1.54, 1.807) is 0 Å². The lowest BCUT2D eigenvalue weighted by molar-refractivity contribution is 0.122. The van der Waals surface area contributed by atoms with Crippen molar-refractivity contribution in [3.63, 3.8) is 0 Å². The molecule has 14 heavy (non-hydrogen) atoms. The summed E-state index contributed by atoms with van der Waals surface area (Å²) in [7, 11) is 0. The van der Waals surface area contributed by atoms with Crippen LogP contribution in [0, 0.1) is 6.92 Å². The molecule has 0 amide bonds. The summed E-state index contributed by atoms with van der Waals surface area (Å²) in [6.45, 7) is 5.60. The molecule has 0 saturated carbocycles. The molecule has 0 unspecified atom stereocenters. The van der Waals surface area contributed by atoms with E-state index in [-0.39, 0.29) is 0 Å². The fourth-order valence-electron chi connectivity index (χ4n) is 1.74. The van der Waals surface area contributed by atoms with Gasteiger partial charge in [-0.15, -0.1) is 0 Å². The first kappa shape index (κ1) is 9.81. The zero-order valence-electron chi connectivity index (χ0n) is 8.29. The molecule has 0 radical (unpaired) electrons. The Morgan fingerprint density at radius 3 is 2.71 bits per heavy atom. The van der Waals surface area contributed by atoms with Crippen molar-refractivity contribution in [2.75, 3.05) is 31.2 Å². The predicted octanol–water partition coefficient (Wildman–Crippen LogP) is 2.49. The first-order valence-electron chi connectivity index (χ1n) is 4.87. The molecule has 0 aromatic heterocycles. The normalized spacial score (nSPS) is 17.1. The molecule has 1 aromatic rings. The Labute approximate surface area is 89.4 Å². The van der Waals surface area contributed by atoms with Crippen LogP contribution in [0.2, 0.25) is 5.02 Å². The van der Waals surface area contributed by atoms with Crippen LogP contribution >= 0.6 is 11.6 Å². The maximum atomic E-state index is 6.08. The topological polar surface area (TPSA) is 12.5 Å². The van der Waals surface area contributed by atoms with Crippen molar-refractivity contribution < 1.29 is 4.74 Å². The van der Waals surface area contributed by atoms with Gasteiger partial charge in [0.15, 0.2) is 0 Å². The number of nitrogens with zero attached hydrogens (tertiary/aromatic N) is 1. The quantitative estimate of drug-likeness (QED) is 0.708. The van der Waals surface area contributed by atoms with Crippen molar-refractivity contribution in [1.29, 1.82) is 0 Å². The van der Waals surface area contributed by atoms with Crippen molar-refractivity contribution in [2.24, 2.45) is 0 Å². The van der Waals surface area contributed by atoms with Crippen LogP contribution < -0.4 is 4.90 Å². The molecule has 1 heterocycles. The van der Waals surface area contributed by atoms with Crippen LogP contribution in [0.4, 0.5) is 5.69 Å². The van der Waals surface area contributed by atoms with Gasteiger partial charge in [-0.2, -0.15) is 0 Å². The summed E-state index contributed by atoms with van der Waals surface area (Å²) in [6.07, 6.45) is 0. The van der Waals surface area contributed by atoms with Gasteiger partial charge in [0.05, 0.1) is 13.2 Å². The molecule has 3 heteroatoms. The molecule has 0 atom stereocenters. The van der Waals surface area contributed by atoms with E-state index in [4.69, 9.17) is 16.3 Å². The zero-order chi connectivity index (χ0) is 9.97. The molecule has 1 aliphatic rings. The lowest BCUT2D eigenvalue weighted by atomic mass is 10.1. The average Bonchev–Trinajstić information content (AvgIpc) is 2.23. The van der Waals surface area contributed by atoms with Gasteiger partial charge in [-0.05, 0) is 24.6 Å². The highest BCUT2D eigenvalue weighted by Crippen LogP contribution is 2.26. The molecule has 1 fully saturated rings. The van der Waals surface area contributed by atoms with Crippen molar-refractivity contribution >= 4 is 17.3 Å². The Hall–Kier alpha value is -0.730. The number of hydrogen-bond donors (Lipinski definition) is 0. The van der Waals surface area contributed by atoms with Crippen molar-refractivity contribution in [3.05, 3.63) is 28.8 Å². The maximum Gasteiger partial charge on any atom is 0.0642 e. The minimum Gasteiger partial charge on any atom is -0.378 e. The smallest absolute Gasteiger partial charge is 0.0642 e. The monoisotopic (exact) mass is 211 g/mol. The van der Waals surface area contributed by atoms with E-state index in [0.717, 1.165) is 36.9 Å². The van der Waals surface area contributed by atoms with Gasteiger partial charge in [-0.3, -0.25) is 0 Å². The van der Waals surface area contributed by atoms with E-state index >= 15 is 0 Å². The molecule has 1 aromatic carbocycles. The van der Waals surface area contributed by atoms with E-state index in [0.29, 0.717) is 0 Å². The fourth-order valence-corrected chi connectivity index (χ4v) is 1.91. The van der Waals surface area contributed by atoms with Gasteiger partial charge in [0, 0.05) is 23.8 Å². The molecule has 2 nitrogen and oxygen atoms in total. The molecule has 1 aliphatic heterocycles. The van der Waals surface area contributed by atoms with Crippen LogP contribution in [0.25, 0.3) is 0 Å². The summed E-state index contributed by atoms with van der Waals surface area (Å²) in [5, 5.41) is 0.842. The maximum absolute atomic E-state index is 6.08. The Morgan fingerprint density at radius 2 is 2.00 bits per heavy atom. The predicted molar refractivity (Wildman–Crippen MR) is 59.2 cm³/mol. The largest absolute Gasteiger partial charge is 0.378 e. The summed E-state index contributed by atoms with van der Waals surface area (Å²) in [4.78, 5) is 2.32. The molecule has 0 spiro atoms. The molecule has 2 rings (SSSR count). The van der Waals surface area contributed by atoms with Crippen LogP contribution in [0.1, 0.15) is 5.56 Å². The van der Waals surface area contributed by atoms with Crippen LogP contribution in [0.15, 0.2) is 18.2 Å². The summed E-state index contributed by atoms with van der Waals surface area (Å²) in [6, 6.07) is 6.05. The van der Waals surface area contributed by atoms with Crippen LogP contribution in [-0.4, -0.2) is 26.3 Å². The molecule has 1 saturated heterocycles. The SMILES string of the molecule is Cc1c(Cl)cccc1N1CCOCC1. The van der Waals surface area contributed by atoms with E-state index in [1.807, 2.05) is 12.1 Å². The molecule has 0 bridgehead atoms. The summed E-state index contributed by atoms with van der Waals surface area (Å²) in [5.41, 5.74) is 2.40. The molecule has 76 valence electrons. The van der Waals surface area contributed by atoms with Gasteiger partial charge in [0.2, 0.25) is 0 Å². The molecular weight excluding hydrogens is 198 g/mol. The number of benzene rings is 1. The number of ether oxygens (including phenoxy) is 1. The van der Waals surface area contributed by atoms with Crippen LogP contribution in [-0.2, 0) is 4.74 Å². The number of anilines is 1. The van der Waals surface area contributed by atoms with E-state index in [2.05, 4.69) is 17.9 Å². The van der Waals surface area contributed by atoms with Crippen molar-refractivity contribution in [1.82, 2.24) is 0 Å². The highest BCUT2D eigenvalue weighted by atomic mass is 35.5. The number of morpholine rings is 1. The third-order valence-electron chi connectivity index (χ3n) is 2.59. The third kappa shape index (κ3) is 1.86. The van der Waals surface area contributed by atoms with Gasteiger partial charge in [-0.25, -0.2) is 0 Å². The Morgan fingerprint density at radius 1 is 1.29 bits per heavy atom. The number of rotatable bonds is 1. The van der Waals surface area contributed by atoms with E-state index in [1.165, 1.54) is 5.69 Å². The number of hydrogen-bond acceptors (Lipinski definition) is 2. The Kier molecular flexibility index (Phi) is 2.94. The van der Waals surface area contributed by atoms with Crippen LogP contribution in [0.5, 0.6) is 0 Å². The third-order valence-corrected chi connectivity index (χ3v) is 3.00. The van der Waals surface area contributed by atoms with Crippen molar-refractivity contribution in [2.45, 2.75) is 6.92 Å². The Bertz CT molecular complexity index is 321. The lowest BCUT2D eigenvalue weighted by Crippen LogP contribution is -2.36. The summed E-state index contributed by atoms with van der Waals surface area (Å²) < 4.78 is 5.32. The summed E-state index contributed by atoms with van der Waals surface area (Å²) in [5.74, 6) is 0. The molecular formula is C11H14ClNO. The first-order chi connectivity index (χ1) is 6.79. The first-order valence-corrected chi connectivity index (χ1v) is 5.24. The molecule has 0 aliphatic carbocycles. The van der Waals surface area contributed by atoms with E-state index in [9.17, 15) is 0 Å². The minimum absolute atomic E-state index is 0.811. The van der Waals surface area contributed by atoms with E-state index < -0.39 is 0 Å². The standard InChI is InChI=1S/C11H14ClNO/c1-9-10(12)3-2-4-11(9)13-5-7-14-8-6-13/h2-4H,5-8H2,1H3. The second-order valence-corrected chi connectivity index (χ2v) is 3.89. The Balaban J connectivity index is 2.26. The van der Waals surface area contributed by atoms with Gasteiger partial charge in [0.25, 0.3) is 0 Å². The van der Waals surface area contributed by atoms with Gasteiger partial charge >= 0.3 is 0 Å². The molecule has 0 N–H and O–H groups in total. The highest BCUT2D eigenvalue weighted by molar-refractivity contribution is 6.31. The minimum atomic E-state index is 0.811. The van der Waals surface area contributed by atoms with Gasteiger partial charge in [-0.1, -0.05) is 17.7 Å². The fraction of sp³-hybridized carbons (Fsp3) is 0.455. The lowest BCUT2D eigenvalue weighted by Gasteiger charge is -2.30.